The second-order valence-corrected chi connectivity index (χ2v) is 9.08. The van der Waals surface area contributed by atoms with Gasteiger partial charge in [0.2, 0.25) is 17.6 Å². The molecule has 8 nitrogen and oxygen atoms in total. The van der Waals surface area contributed by atoms with Gasteiger partial charge in [0.05, 0.1) is 12.1 Å². The van der Waals surface area contributed by atoms with Crippen LogP contribution in [0.4, 0.5) is 0 Å². The van der Waals surface area contributed by atoms with Crippen LogP contribution in [0.3, 0.4) is 0 Å². The number of aromatic nitrogens is 4. The number of carbonyl (C=O) groups excluding carboxylic acids is 1. The van der Waals surface area contributed by atoms with Gasteiger partial charge >= 0.3 is 0 Å². The summed E-state index contributed by atoms with van der Waals surface area (Å²) < 4.78 is 7.39. The minimum absolute atomic E-state index is 0.157. The molecule has 1 saturated heterocycles. The third-order valence-electron chi connectivity index (χ3n) is 5.84. The van der Waals surface area contributed by atoms with E-state index >= 15 is 0 Å². The summed E-state index contributed by atoms with van der Waals surface area (Å²) in [6.07, 6.45) is 6.00. The highest BCUT2D eigenvalue weighted by atomic mass is 32.1. The summed E-state index contributed by atoms with van der Waals surface area (Å²) in [4.78, 5) is 27.0. The maximum atomic E-state index is 12.6. The van der Waals surface area contributed by atoms with Crippen molar-refractivity contribution in [1.82, 2.24) is 29.3 Å². The van der Waals surface area contributed by atoms with E-state index in [-0.39, 0.29) is 5.91 Å². The van der Waals surface area contributed by atoms with Crippen molar-refractivity contribution in [2.75, 3.05) is 32.7 Å². The summed E-state index contributed by atoms with van der Waals surface area (Å²) in [6, 6.07) is 8.13. The van der Waals surface area contributed by atoms with E-state index in [1.165, 1.54) is 5.56 Å². The lowest BCUT2D eigenvalue weighted by Gasteiger charge is -2.34. The third-order valence-corrected chi connectivity index (χ3v) is 6.61. The molecule has 0 saturated carbocycles. The first-order valence-corrected chi connectivity index (χ1v) is 11.8. The number of piperazine rings is 1. The van der Waals surface area contributed by atoms with Crippen LogP contribution >= 0.6 is 11.3 Å². The zero-order valence-electron chi connectivity index (χ0n) is 18.1. The molecule has 1 aromatic carbocycles. The molecule has 166 valence electrons. The van der Waals surface area contributed by atoms with Gasteiger partial charge < -0.3 is 9.42 Å². The molecular formula is C23H26N6O2S. The number of aryl methyl sites for hydroxylation is 2. The first-order chi connectivity index (χ1) is 15.6. The van der Waals surface area contributed by atoms with E-state index in [1.54, 1.807) is 11.3 Å². The normalized spacial score (nSPS) is 15.0. The average Bonchev–Trinajstić information content (AvgIpc) is 3.52. The molecule has 9 heteroatoms. The zero-order chi connectivity index (χ0) is 21.9. The largest absolute Gasteiger partial charge is 0.340 e. The first kappa shape index (κ1) is 20.8. The number of amides is 1. The molecule has 0 bridgehead atoms. The number of hydrogen-bond acceptors (Lipinski definition) is 7. The van der Waals surface area contributed by atoms with Gasteiger partial charge in [0, 0.05) is 55.9 Å². The molecule has 1 fully saturated rings. The quantitative estimate of drug-likeness (QED) is 0.431. The van der Waals surface area contributed by atoms with Crippen molar-refractivity contribution in [2.45, 2.75) is 26.2 Å². The van der Waals surface area contributed by atoms with E-state index < -0.39 is 0 Å². The van der Waals surface area contributed by atoms with Crippen molar-refractivity contribution >= 4 is 22.2 Å². The Bertz CT molecular complexity index is 1160. The summed E-state index contributed by atoms with van der Waals surface area (Å²) in [5.41, 5.74) is 3.02. The minimum Gasteiger partial charge on any atom is -0.340 e. The fourth-order valence-electron chi connectivity index (χ4n) is 3.98. The second-order valence-electron chi connectivity index (χ2n) is 8.21. The highest BCUT2D eigenvalue weighted by Crippen LogP contribution is 2.17. The number of rotatable bonds is 7. The number of nitrogens with zero attached hydrogens (tertiary/aromatic N) is 6. The number of thiazole rings is 1. The topological polar surface area (TPSA) is 79.8 Å². The monoisotopic (exact) mass is 450 g/mol. The molecule has 0 unspecified atom stereocenters. The third kappa shape index (κ3) is 4.73. The lowest BCUT2D eigenvalue weighted by molar-refractivity contribution is -0.132. The molecule has 0 aliphatic carbocycles. The fraction of sp³-hybridized carbons (Fsp3) is 0.391. The lowest BCUT2D eigenvalue weighted by atomic mass is 10.1. The van der Waals surface area contributed by atoms with Crippen molar-refractivity contribution in [3.63, 3.8) is 0 Å². The molecule has 1 aliphatic heterocycles. The number of benzene rings is 1. The van der Waals surface area contributed by atoms with Crippen LogP contribution in [-0.2, 0) is 17.6 Å². The van der Waals surface area contributed by atoms with Gasteiger partial charge in [-0.3, -0.25) is 14.1 Å². The van der Waals surface area contributed by atoms with Crippen molar-refractivity contribution in [3.05, 3.63) is 59.2 Å². The summed E-state index contributed by atoms with van der Waals surface area (Å²) in [5.74, 6) is 1.48. The Balaban J connectivity index is 1.05. The second kappa shape index (κ2) is 9.22. The molecule has 5 rings (SSSR count). The molecule has 3 aromatic heterocycles. The van der Waals surface area contributed by atoms with Crippen LogP contribution in [-0.4, -0.2) is 68.0 Å². The predicted molar refractivity (Wildman–Crippen MR) is 123 cm³/mol. The standard InChI is InChI=1S/C23H26N6O2S/c1-17-4-6-18(7-5-17)22-25-20(31-26-22)3-2-8-27-9-11-28(12-10-27)21(30)15-19-16-29-13-14-32-23(29)24-19/h4-7,13-14,16H,2-3,8-12,15H2,1H3. The molecule has 4 aromatic rings. The van der Waals surface area contributed by atoms with Crippen LogP contribution in [0.1, 0.15) is 23.6 Å². The van der Waals surface area contributed by atoms with Crippen LogP contribution in [0.25, 0.3) is 16.3 Å². The van der Waals surface area contributed by atoms with Gasteiger partial charge in [-0.2, -0.15) is 4.98 Å². The van der Waals surface area contributed by atoms with E-state index in [4.69, 9.17) is 4.52 Å². The van der Waals surface area contributed by atoms with Gasteiger partial charge in [-0.15, -0.1) is 11.3 Å². The van der Waals surface area contributed by atoms with E-state index in [1.807, 2.05) is 51.3 Å². The van der Waals surface area contributed by atoms with Crippen LogP contribution in [0.5, 0.6) is 0 Å². The van der Waals surface area contributed by atoms with E-state index in [9.17, 15) is 4.79 Å². The Morgan fingerprint density at radius 2 is 1.94 bits per heavy atom. The van der Waals surface area contributed by atoms with Crippen molar-refractivity contribution in [3.8, 4) is 11.4 Å². The molecule has 4 heterocycles. The van der Waals surface area contributed by atoms with Gasteiger partial charge in [-0.25, -0.2) is 4.98 Å². The lowest BCUT2D eigenvalue weighted by Crippen LogP contribution is -2.49. The van der Waals surface area contributed by atoms with Crippen LogP contribution in [0, 0.1) is 6.92 Å². The van der Waals surface area contributed by atoms with Gasteiger partial charge in [0.25, 0.3) is 0 Å². The van der Waals surface area contributed by atoms with Gasteiger partial charge in [0.15, 0.2) is 4.96 Å². The van der Waals surface area contributed by atoms with E-state index in [0.29, 0.717) is 18.1 Å². The number of carbonyl (C=O) groups is 1. The molecule has 1 amide bonds. The predicted octanol–water partition coefficient (Wildman–Crippen LogP) is 3.07. The smallest absolute Gasteiger partial charge is 0.228 e. The molecule has 0 atom stereocenters. The number of hydrogen-bond donors (Lipinski definition) is 0. The molecular weight excluding hydrogens is 424 g/mol. The minimum atomic E-state index is 0.157. The number of imidazole rings is 1. The molecule has 1 aliphatic rings. The van der Waals surface area contributed by atoms with Crippen molar-refractivity contribution < 1.29 is 9.32 Å². The molecule has 0 N–H and O–H groups in total. The molecule has 0 radical (unpaired) electrons. The van der Waals surface area contributed by atoms with Crippen LogP contribution in [0.2, 0.25) is 0 Å². The van der Waals surface area contributed by atoms with E-state index in [2.05, 4.69) is 26.9 Å². The highest BCUT2D eigenvalue weighted by Gasteiger charge is 2.22. The Hall–Kier alpha value is -3.04. The maximum absolute atomic E-state index is 12.6. The molecule has 32 heavy (non-hydrogen) atoms. The Labute approximate surface area is 190 Å². The Kier molecular flexibility index (Phi) is 6.00. The highest BCUT2D eigenvalue weighted by molar-refractivity contribution is 7.15. The Morgan fingerprint density at radius 3 is 2.72 bits per heavy atom. The maximum Gasteiger partial charge on any atom is 0.228 e. The molecule has 0 spiro atoms. The summed E-state index contributed by atoms with van der Waals surface area (Å²) in [5, 5.41) is 6.10. The zero-order valence-corrected chi connectivity index (χ0v) is 18.9. The van der Waals surface area contributed by atoms with E-state index in [0.717, 1.165) is 61.8 Å². The first-order valence-electron chi connectivity index (χ1n) is 10.9. The van der Waals surface area contributed by atoms with Crippen LogP contribution < -0.4 is 0 Å². The summed E-state index contributed by atoms with van der Waals surface area (Å²) in [6.45, 7) is 6.33. The summed E-state index contributed by atoms with van der Waals surface area (Å²) >= 11 is 1.58. The van der Waals surface area contributed by atoms with Crippen molar-refractivity contribution in [1.29, 1.82) is 0 Å². The van der Waals surface area contributed by atoms with Crippen LogP contribution in [0.15, 0.2) is 46.6 Å². The number of fused-ring (bicyclic) bond motifs is 1. The van der Waals surface area contributed by atoms with Crippen molar-refractivity contribution in [2.24, 2.45) is 0 Å². The summed E-state index contributed by atoms with van der Waals surface area (Å²) in [7, 11) is 0. The SMILES string of the molecule is Cc1ccc(-c2noc(CCCN3CCN(C(=O)Cc4cn5ccsc5n4)CC3)n2)cc1. The van der Waals surface area contributed by atoms with Gasteiger partial charge in [-0.1, -0.05) is 35.0 Å². The fourth-order valence-corrected chi connectivity index (χ4v) is 4.70. The Morgan fingerprint density at radius 1 is 1.12 bits per heavy atom. The van der Waals surface area contributed by atoms with Gasteiger partial charge in [-0.05, 0) is 19.9 Å². The average molecular weight is 451 g/mol. The van der Waals surface area contributed by atoms with Gasteiger partial charge in [0.1, 0.15) is 0 Å².